The van der Waals surface area contributed by atoms with Crippen LogP contribution in [0.5, 0.6) is 0 Å². The molecule has 12 atom stereocenters. The zero-order valence-corrected chi connectivity index (χ0v) is 94.0. The summed E-state index contributed by atoms with van der Waals surface area (Å²) in [7, 11) is 0. The minimum Gasteiger partial charge on any atom is -0.171 e. The molecule has 0 aliphatic heterocycles. The van der Waals surface area contributed by atoms with Gasteiger partial charge in [-0.25, -0.2) is 0 Å². The molecule has 0 aromatic carbocycles. The van der Waals surface area contributed by atoms with E-state index in [0.29, 0.717) is 65.1 Å². The molecule has 27 heteroatoms. The summed E-state index contributed by atoms with van der Waals surface area (Å²) in [6.07, 6.45) is -29.9. The van der Waals surface area contributed by atoms with Crippen molar-refractivity contribution in [3.05, 3.63) is 0 Å². The van der Waals surface area contributed by atoms with E-state index < -0.39 is 130 Å². The van der Waals surface area contributed by atoms with Crippen LogP contribution in [0, 0.1) is 183 Å². The molecule has 3 aliphatic rings. The first-order valence-electron chi connectivity index (χ1n) is 48.6. The summed E-state index contributed by atoms with van der Waals surface area (Å²) < 4.78 is 332. The van der Waals surface area contributed by atoms with Crippen LogP contribution in [0.25, 0.3) is 0 Å². The van der Waals surface area contributed by atoms with Crippen LogP contribution >= 0.6 is 0 Å². The van der Waals surface area contributed by atoms with E-state index in [0.717, 1.165) is 56.3 Å². The van der Waals surface area contributed by atoms with Crippen molar-refractivity contribution in [2.24, 2.45) is 183 Å². The van der Waals surface area contributed by atoms with Gasteiger partial charge in [-0.1, -0.05) is 412 Å². The number of hydrogen-bond donors (Lipinski definition) is 0. The molecule has 3 rings (SSSR count). The lowest BCUT2D eigenvalue weighted by Gasteiger charge is -2.51. The molecule has 0 amide bonds. The lowest BCUT2D eigenvalue weighted by molar-refractivity contribution is -0.263. The fourth-order valence-electron chi connectivity index (χ4n) is 12.9. The van der Waals surface area contributed by atoms with E-state index >= 15 is 0 Å². The fraction of sp³-hybridized carbons (Fsp3) is 1.00. The van der Waals surface area contributed by atoms with E-state index in [-0.39, 0.29) is 58.2 Å². The molecule has 816 valence electrons. The summed E-state index contributed by atoms with van der Waals surface area (Å²) in [6.45, 7) is 101. The second-order valence-corrected chi connectivity index (χ2v) is 51.7. The fourth-order valence-corrected chi connectivity index (χ4v) is 12.9. The highest BCUT2D eigenvalue weighted by molar-refractivity contribution is 4.99. The molecule has 133 heavy (non-hydrogen) atoms. The van der Waals surface area contributed by atoms with E-state index in [1.165, 1.54) is 62.3 Å². The smallest absolute Gasteiger partial charge is 0.171 e. The molecule has 0 radical (unpaired) electrons. The highest BCUT2D eigenvalue weighted by Crippen LogP contribution is 2.59. The molecule has 3 aliphatic carbocycles. The van der Waals surface area contributed by atoms with Gasteiger partial charge in [0.25, 0.3) is 0 Å². The predicted octanol–water partition coefficient (Wildman–Crippen LogP) is 43.8. The lowest BCUT2D eigenvalue weighted by Crippen LogP contribution is -2.51. The molecule has 0 N–H and O–H groups in total. The molecule has 0 nitrogen and oxygen atoms in total. The summed E-state index contributed by atoms with van der Waals surface area (Å²) in [6, 6.07) is 0. The molecule has 3 fully saturated rings. The minimum absolute atomic E-state index is 0.0362. The summed E-state index contributed by atoms with van der Waals surface area (Å²) in [5, 5.41) is 0. The standard InChI is InChI=1S/C11H21F3.C10H19F3.C10H22.C9H15F3.C9H17F3.C9H20.2C8H13F3.3C8H15F3.C8H18/c1-8(2,3)9(4,5)10(6,7)11(12,13)14;1-7(8(2,3)4)9(5,6)10(11,12)13;1-8(2)10(6,7)9(3,4)5;1-6-4-3-5-8(7(6)2)9(10,11)12;1-6(2)8(4,5)7(3)9(10,11)12;1-7(2)8(3)9(4,5)6;1-6-2-4-7(5-3-6)8(9,10)11;1-6-3-2-4-7(5-6)8(9,10)11;1-6(2,3)7(4,5)8(9,10)11;2*1-5(2)6(3)7(4)8(9,10)11;1-7(2,3)8(4,5)6/h1-7H3;7H,1-6H3;8H,1-7H3;6-8H,3-5H2,1-2H3;6-7H,1-5H3;7-8H,1-6H3;2*6-7H,2-5H2,1H3;1-5H3;2*5-7H,1-4H3;1-6H3/t;7-;;6?,7-,8?;;8-;;6-,7?;;2*6-,7?;/m.1.1.1.1.11./s1. The van der Waals surface area contributed by atoms with Crippen molar-refractivity contribution >= 4 is 0 Å². The first-order valence-corrected chi connectivity index (χ1v) is 48.6. The minimum atomic E-state index is -4.16. The number of halogens is 27. The van der Waals surface area contributed by atoms with Crippen molar-refractivity contribution < 1.29 is 119 Å². The normalized spacial score (nSPS) is 21.3. The molecular weight excluding hydrogens is 1790 g/mol. The zero-order chi connectivity index (χ0) is 111. The zero-order valence-electron chi connectivity index (χ0n) is 94.0. The van der Waals surface area contributed by atoms with Crippen LogP contribution in [-0.4, -0.2) is 55.6 Å². The second kappa shape index (κ2) is 55.3. The van der Waals surface area contributed by atoms with E-state index in [1.54, 1.807) is 76.2 Å². The van der Waals surface area contributed by atoms with Crippen LogP contribution in [0.3, 0.4) is 0 Å². The Balaban J connectivity index is -0.000000181. The maximum atomic E-state index is 12.9. The average Bonchev–Trinajstić information content (AvgIpc) is 0.747. The van der Waals surface area contributed by atoms with Crippen LogP contribution in [0.1, 0.15) is 445 Å². The van der Waals surface area contributed by atoms with E-state index in [1.807, 2.05) is 104 Å². The van der Waals surface area contributed by atoms with Crippen molar-refractivity contribution in [2.45, 2.75) is 500 Å². The van der Waals surface area contributed by atoms with Crippen LogP contribution < -0.4 is 0 Å². The first kappa shape index (κ1) is 149. The topological polar surface area (TPSA) is 0 Å². The van der Waals surface area contributed by atoms with Crippen molar-refractivity contribution in [1.82, 2.24) is 0 Å². The monoisotopic (exact) mass is 1990 g/mol. The highest BCUT2D eigenvalue weighted by Gasteiger charge is 2.61. The van der Waals surface area contributed by atoms with Crippen molar-refractivity contribution in [2.75, 3.05) is 0 Å². The maximum absolute atomic E-state index is 12.9. The first-order chi connectivity index (χ1) is 57.0. The summed E-state index contributed by atoms with van der Waals surface area (Å²) in [5.74, 6) is -4.33. The van der Waals surface area contributed by atoms with Gasteiger partial charge < -0.3 is 0 Å². The molecule has 0 aromatic rings. The Labute approximate surface area is 798 Å². The Morgan fingerprint density at radius 3 is 0.669 bits per heavy atom. The van der Waals surface area contributed by atoms with Gasteiger partial charge in [-0.3, -0.25) is 0 Å². The third-order valence-corrected chi connectivity index (χ3v) is 33.6. The van der Waals surface area contributed by atoms with Crippen molar-refractivity contribution in [3.8, 4) is 0 Å². The van der Waals surface area contributed by atoms with Crippen LogP contribution in [0.4, 0.5) is 119 Å². The van der Waals surface area contributed by atoms with Gasteiger partial charge in [-0.2, -0.15) is 119 Å². The summed E-state index contributed by atoms with van der Waals surface area (Å²) >= 11 is 0. The number of alkyl halides is 27. The Morgan fingerprint density at radius 1 is 0.233 bits per heavy atom. The molecule has 0 heterocycles. The SMILES string of the molecule is CC(C)(C)C(C)(C)C.CC(C)(C)C(C)(C)C(C)(C)C(F)(F)F.CC(C)(C)C(C)(C)C(F)(F)F.CC(C)C(C)(C)C(C)(C)C.CC(C)C(C)(C)C(C)C(F)(F)F.CC(C)[C@@H](C)C(C)(C)C.CC(C)[C@@H](C)C(C)C(F)(F)F.CC(C)[C@@H](C)C(C)C(F)(F)F.CC1CCC(C(F)(F)F)CC1.CC1CCCC(C(F)(F)F)[C@@H]1C.C[C@@H]1CCCC(C(F)(F)F)C1.C[C@H](C(C)(C)C)C(C)(C)C(F)(F)F. The Kier molecular flexibility index (Phi) is 61.8. The third kappa shape index (κ3) is 55.5. The van der Waals surface area contributed by atoms with Crippen LogP contribution in [0.15, 0.2) is 0 Å². The molecule has 6 unspecified atom stereocenters. The Morgan fingerprint density at radius 2 is 0.541 bits per heavy atom. The quantitative estimate of drug-likeness (QED) is 0.191. The number of hydrogen-bond acceptors (Lipinski definition) is 0. The predicted molar refractivity (Wildman–Crippen MR) is 510 cm³/mol. The summed E-state index contributed by atoms with van der Waals surface area (Å²) in [4.78, 5) is 0. The highest BCUT2D eigenvalue weighted by atomic mass is 19.4. The van der Waals surface area contributed by atoms with Gasteiger partial charge in [-0.05, 0) is 163 Å². The van der Waals surface area contributed by atoms with Gasteiger partial charge in [0.05, 0.1) is 51.8 Å². The lowest BCUT2D eigenvalue weighted by atomic mass is 9.55. The van der Waals surface area contributed by atoms with E-state index in [2.05, 4.69) is 132 Å². The molecular formula is C106H203F27. The molecule has 0 bridgehead atoms. The Hall–Kier alpha value is -1.89. The van der Waals surface area contributed by atoms with Gasteiger partial charge in [0, 0.05) is 0 Å². The van der Waals surface area contributed by atoms with E-state index in [4.69, 9.17) is 0 Å². The van der Waals surface area contributed by atoms with E-state index in [9.17, 15) is 119 Å². The molecule has 3 saturated carbocycles. The molecule has 0 spiro atoms. The second-order valence-electron chi connectivity index (χ2n) is 51.7. The summed E-state index contributed by atoms with van der Waals surface area (Å²) in [5.41, 5.74) is -5.65. The largest absolute Gasteiger partial charge is 0.394 e. The maximum Gasteiger partial charge on any atom is 0.394 e. The van der Waals surface area contributed by atoms with Gasteiger partial charge in [0.15, 0.2) is 0 Å². The number of rotatable bonds is 10. The van der Waals surface area contributed by atoms with Gasteiger partial charge >= 0.3 is 55.6 Å². The van der Waals surface area contributed by atoms with Crippen LogP contribution in [0.2, 0.25) is 0 Å². The third-order valence-electron chi connectivity index (χ3n) is 33.6. The van der Waals surface area contributed by atoms with Gasteiger partial charge in [0.2, 0.25) is 0 Å². The average molecular weight is 1990 g/mol. The van der Waals surface area contributed by atoms with Gasteiger partial charge in [0.1, 0.15) is 0 Å². The van der Waals surface area contributed by atoms with Crippen molar-refractivity contribution in [1.29, 1.82) is 0 Å². The Bertz CT molecular complexity index is 2850. The van der Waals surface area contributed by atoms with Crippen LogP contribution in [-0.2, 0) is 0 Å². The molecule has 0 saturated heterocycles. The van der Waals surface area contributed by atoms with Gasteiger partial charge in [-0.15, -0.1) is 0 Å². The molecule has 0 aromatic heterocycles. The van der Waals surface area contributed by atoms with Crippen molar-refractivity contribution in [3.63, 3.8) is 0 Å².